The summed E-state index contributed by atoms with van der Waals surface area (Å²) >= 11 is 0. The van der Waals surface area contributed by atoms with Crippen molar-refractivity contribution in [2.75, 3.05) is 6.54 Å². The molecule has 0 aliphatic carbocycles. The van der Waals surface area contributed by atoms with Crippen molar-refractivity contribution in [2.45, 2.75) is 13.0 Å². The van der Waals surface area contributed by atoms with Crippen LogP contribution in [0.2, 0.25) is 0 Å². The summed E-state index contributed by atoms with van der Waals surface area (Å²) in [5.41, 5.74) is 7.44. The third-order valence-electron chi connectivity index (χ3n) is 2.72. The Morgan fingerprint density at radius 2 is 2.40 bits per heavy atom. The molecule has 0 radical (unpaired) electrons. The Hall–Kier alpha value is -2.65. The fourth-order valence-electron chi connectivity index (χ4n) is 1.70. The molecule has 1 atom stereocenters. The van der Waals surface area contributed by atoms with Gasteiger partial charge in [0.2, 0.25) is 0 Å². The van der Waals surface area contributed by atoms with E-state index in [1.165, 1.54) is 6.20 Å². The van der Waals surface area contributed by atoms with Crippen LogP contribution in [0.15, 0.2) is 30.5 Å². The van der Waals surface area contributed by atoms with Crippen molar-refractivity contribution >= 4 is 5.91 Å². The highest BCUT2D eigenvalue weighted by molar-refractivity contribution is 5.92. The van der Waals surface area contributed by atoms with E-state index in [1.54, 1.807) is 0 Å². The van der Waals surface area contributed by atoms with Crippen LogP contribution in [-0.4, -0.2) is 27.9 Å². The summed E-state index contributed by atoms with van der Waals surface area (Å²) in [5, 5.41) is 12.6. The molecule has 0 spiro atoms. The Morgan fingerprint density at radius 3 is 3.10 bits per heavy atom. The van der Waals surface area contributed by atoms with Gasteiger partial charge in [-0.05, 0) is 24.6 Å². The van der Waals surface area contributed by atoms with Crippen LogP contribution < -0.4 is 11.1 Å². The monoisotopic (exact) mass is 269 g/mol. The number of rotatable bonds is 3. The average Bonchev–Trinajstić information content (AvgIpc) is 2.99. The second-order valence-electron chi connectivity index (χ2n) is 4.18. The third kappa shape index (κ3) is 3.43. The lowest BCUT2D eigenvalue weighted by Gasteiger charge is -2.13. The van der Waals surface area contributed by atoms with Crippen molar-refractivity contribution in [1.82, 2.24) is 20.7 Å². The molecule has 0 aliphatic heterocycles. The SMILES string of the molecule is CC(NC(=O)c1cn[nH]n1)c1cccc(C#CCN)c1. The first-order valence-corrected chi connectivity index (χ1v) is 6.16. The van der Waals surface area contributed by atoms with E-state index in [2.05, 4.69) is 32.6 Å². The molecule has 4 N–H and O–H groups in total. The molecular formula is C14H15N5O. The molecule has 1 aromatic heterocycles. The van der Waals surface area contributed by atoms with Gasteiger partial charge < -0.3 is 11.1 Å². The smallest absolute Gasteiger partial charge is 0.273 e. The van der Waals surface area contributed by atoms with Gasteiger partial charge in [0.15, 0.2) is 5.69 Å². The van der Waals surface area contributed by atoms with Gasteiger partial charge in [0, 0.05) is 5.56 Å². The number of nitrogens with one attached hydrogen (secondary N) is 2. The minimum Gasteiger partial charge on any atom is -0.344 e. The van der Waals surface area contributed by atoms with Gasteiger partial charge in [0.25, 0.3) is 5.91 Å². The predicted octanol–water partition coefficient (Wildman–Crippen LogP) is 0.606. The fourth-order valence-corrected chi connectivity index (χ4v) is 1.70. The van der Waals surface area contributed by atoms with E-state index in [4.69, 9.17) is 5.73 Å². The van der Waals surface area contributed by atoms with E-state index >= 15 is 0 Å². The van der Waals surface area contributed by atoms with Crippen LogP contribution in [0.25, 0.3) is 0 Å². The van der Waals surface area contributed by atoms with Gasteiger partial charge in [0.05, 0.1) is 18.8 Å². The molecule has 1 amide bonds. The van der Waals surface area contributed by atoms with Crippen LogP contribution in [0, 0.1) is 11.8 Å². The number of benzene rings is 1. The van der Waals surface area contributed by atoms with Gasteiger partial charge in [-0.1, -0.05) is 24.0 Å². The highest BCUT2D eigenvalue weighted by atomic mass is 16.2. The Balaban J connectivity index is 2.09. The number of nitrogens with zero attached hydrogens (tertiary/aromatic N) is 2. The Kier molecular flexibility index (Phi) is 4.47. The maximum atomic E-state index is 11.9. The molecular weight excluding hydrogens is 254 g/mol. The summed E-state index contributed by atoms with van der Waals surface area (Å²) < 4.78 is 0. The Bertz CT molecular complexity index is 639. The first-order chi connectivity index (χ1) is 9.70. The van der Waals surface area contributed by atoms with E-state index in [0.717, 1.165) is 11.1 Å². The lowest BCUT2D eigenvalue weighted by molar-refractivity contribution is 0.0935. The fraction of sp³-hybridized carbons (Fsp3) is 0.214. The first-order valence-electron chi connectivity index (χ1n) is 6.16. The van der Waals surface area contributed by atoms with Crippen LogP contribution in [-0.2, 0) is 0 Å². The molecule has 0 saturated carbocycles. The Labute approximate surface area is 116 Å². The number of carbonyl (C=O) groups is 1. The summed E-state index contributed by atoms with van der Waals surface area (Å²) in [6, 6.07) is 7.50. The summed E-state index contributed by atoms with van der Waals surface area (Å²) in [5.74, 6) is 5.49. The van der Waals surface area contributed by atoms with E-state index in [1.807, 2.05) is 31.2 Å². The maximum Gasteiger partial charge on any atom is 0.273 e. The molecule has 6 heteroatoms. The average molecular weight is 269 g/mol. The number of hydrogen-bond acceptors (Lipinski definition) is 4. The number of carbonyl (C=O) groups excluding carboxylic acids is 1. The second-order valence-corrected chi connectivity index (χ2v) is 4.18. The molecule has 0 aliphatic rings. The van der Waals surface area contributed by atoms with Gasteiger partial charge in [-0.2, -0.15) is 15.4 Å². The van der Waals surface area contributed by atoms with Gasteiger partial charge >= 0.3 is 0 Å². The van der Waals surface area contributed by atoms with Crippen molar-refractivity contribution in [2.24, 2.45) is 5.73 Å². The number of aromatic amines is 1. The van der Waals surface area contributed by atoms with E-state index < -0.39 is 0 Å². The molecule has 1 unspecified atom stereocenters. The largest absolute Gasteiger partial charge is 0.344 e. The van der Waals surface area contributed by atoms with Crippen LogP contribution in [0.1, 0.15) is 34.6 Å². The molecule has 20 heavy (non-hydrogen) atoms. The quantitative estimate of drug-likeness (QED) is 0.711. The van der Waals surface area contributed by atoms with Gasteiger partial charge in [-0.15, -0.1) is 0 Å². The van der Waals surface area contributed by atoms with Crippen molar-refractivity contribution in [3.8, 4) is 11.8 Å². The Morgan fingerprint density at radius 1 is 1.55 bits per heavy atom. The second kappa shape index (κ2) is 6.50. The summed E-state index contributed by atoms with van der Waals surface area (Å²) in [4.78, 5) is 11.9. The molecule has 0 saturated heterocycles. The zero-order chi connectivity index (χ0) is 14.4. The molecule has 2 aromatic rings. The number of nitrogens with two attached hydrogens (primary N) is 1. The lowest BCUT2D eigenvalue weighted by Crippen LogP contribution is -2.27. The van der Waals surface area contributed by atoms with Gasteiger partial charge in [-0.25, -0.2) is 0 Å². The first kappa shape index (κ1) is 13.8. The van der Waals surface area contributed by atoms with Crippen molar-refractivity contribution in [3.63, 3.8) is 0 Å². The zero-order valence-electron chi connectivity index (χ0n) is 11.1. The number of H-pyrrole nitrogens is 1. The van der Waals surface area contributed by atoms with E-state index in [0.29, 0.717) is 6.54 Å². The van der Waals surface area contributed by atoms with Gasteiger partial charge in [-0.3, -0.25) is 4.79 Å². The lowest BCUT2D eigenvalue weighted by atomic mass is 10.1. The molecule has 2 rings (SSSR count). The highest BCUT2D eigenvalue weighted by Gasteiger charge is 2.13. The van der Waals surface area contributed by atoms with Crippen LogP contribution in [0.3, 0.4) is 0 Å². The molecule has 1 aromatic carbocycles. The summed E-state index contributed by atoms with van der Waals surface area (Å²) in [7, 11) is 0. The van der Waals surface area contributed by atoms with Crippen LogP contribution in [0.5, 0.6) is 0 Å². The number of aromatic nitrogens is 3. The van der Waals surface area contributed by atoms with Crippen LogP contribution in [0.4, 0.5) is 0 Å². The maximum absolute atomic E-state index is 11.9. The van der Waals surface area contributed by atoms with E-state index in [9.17, 15) is 4.79 Å². The van der Waals surface area contributed by atoms with Crippen LogP contribution >= 0.6 is 0 Å². The van der Waals surface area contributed by atoms with Crippen molar-refractivity contribution in [3.05, 3.63) is 47.3 Å². The molecule has 1 heterocycles. The minimum atomic E-state index is -0.273. The predicted molar refractivity (Wildman–Crippen MR) is 74.6 cm³/mol. The topological polar surface area (TPSA) is 96.7 Å². The number of hydrogen-bond donors (Lipinski definition) is 3. The summed E-state index contributed by atoms with van der Waals surface area (Å²) in [6.45, 7) is 2.22. The van der Waals surface area contributed by atoms with E-state index in [-0.39, 0.29) is 17.6 Å². The number of amides is 1. The normalized spacial score (nSPS) is 11.3. The zero-order valence-corrected chi connectivity index (χ0v) is 11.1. The standard InChI is InChI=1S/C14H15N5O/c1-10(17-14(20)13-9-16-19-18-13)12-6-2-4-11(8-12)5-3-7-15/h2,4,6,8-10H,7,15H2,1H3,(H,17,20)(H,16,18,19). The molecule has 6 nitrogen and oxygen atoms in total. The molecule has 0 bridgehead atoms. The third-order valence-corrected chi connectivity index (χ3v) is 2.72. The highest BCUT2D eigenvalue weighted by Crippen LogP contribution is 2.14. The van der Waals surface area contributed by atoms with Crippen molar-refractivity contribution in [1.29, 1.82) is 0 Å². The van der Waals surface area contributed by atoms with Crippen molar-refractivity contribution < 1.29 is 4.79 Å². The minimum absolute atomic E-state index is 0.154. The molecule has 0 fully saturated rings. The molecule has 102 valence electrons. The summed E-state index contributed by atoms with van der Waals surface area (Å²) in [6.07, 6.45) is 1.38. The van der Waals surface area contributed by atoms with Gasteiger partial charge in [0.1, 0.15) is 0 Å².